The molecule has 0 fully saturated rings. The standard InChI is InChI=1S/4HNO3.4H3N/c4*2-1(3)4;;;;/h4*(H,2,3,4);4*1H3. The summed E-state index contributed by atoms with van der Waals surface area (Å²) in [6.45, 7) is 0. The molecular weight excluding hydrogens is 304 g/mol. The van der Waals surface area contributed by atoms with E-state index in [2.05, 4.69) is 0 Å². The summed E-state index contributed by atoms with van der Waals surface area (Å²) in [6.07, 6.45) is 0. The van der Waals surface area contributed by atoms with Crippen LogP contribution in [0.4, 0.5) is 0 Å². The number of rotatable bonds is 0. The Balaban J connectivity index is -0.0000000150. The monoisotopic (exact) mass is 320 g/mol. The predicted octanol–water partition coefficient (Wildman–Crippen LogP) is -0.743. The van der Waals surface area contributed by atoms with Gasteiger partial charge in [-0.25, -0.2) is 0 Å². The fourth-order valence-corrected chi connectivity index (χ4v) is 0. The Bertz CT molecular complexity index is 159. The lowest BCUT2D eigenvalue weighted by molar-refractivity contribution is -0.742. The second-order valence-corrected chi connectivity index (χ2v) is 0.951. The van der Waals surface area contributed by atoms with E-state index in [4.69, 9.17) is 61.3 Å². The number of hydrogen-bond acceptors (Lipinski definition) is 12. The molecule has 0 aliphatic heterocycles. The van der Waals surface area contributed by atoms with Crippen molar-refractivity contribution in [3.8, 4) is 0 Å². The van der Waals surface area contributed by atoms with Crippen LogP contribution in [0.1, 0.15) is 0 Å². The van der Waals surface area contributed by atoms with Gasteiger partial charge in [-0.05, 0) is 0 Å². The van der Waals surface area contributed by atoms with Gasteiger partial charge in [0.1, 0.15) is 0 Å². The summed E-state index contributed by atoms with van der Waals surface area (Å²) in [4.78, 5) is 33.4. The highest BCUT2D eigenvalue weighted by Gasteiger charge is 1.66. The van der Waals surface area contributed by atoms with Gasteiger partial charge in [-0.2, -0.15) is 0 Å². The van der Waals surface area contributed by atoms with Crippen molar-refractivity contribution < 1.29 is 41.2 Å². The van der Waals surface area contributed by atoms with E-state index in [1.807, 2.05) is 0 Å². The lowest BCUT2D eigenvalue weighted by atomic mass is 13.1. The summed E-state index contributed by atoms with van der Waals surface area (Å²) in [5.74, 6) is 0. The first-order valence-electron chi connectivity index (χ1n) is 2.26. The van der Waals surface area contributed by atoms with Gasteiger partial charge in [0, 0.05) is 0 Å². The Hall–Kier alpha value is -3.36. The zero-order chi connectivity index (χ0) is 14.3. The molecule has 20 nitrogen and oxygen atoms in total. The van der Waals surface area contributed by atoms with Crippen molar-refractivity contribution in [2.45, 2.75) is 0 Å². The molecule has 0 amide bonds. The van der Waals surface area contributed by atoms with Crippen LogP contribution >= 0.6 is 0 Å². The quantitative estimate of drug-likeness (QED) is 0.201. The smallest absolute Gasteiger partial charge is 0.291 e. The summed E-state index contributed by atoms with van der Waals surface area (Å²) in [6, 6.07) is 0. The SMILES string of the molecule is N.N.N.N.O=[N+]([O-])O.O=[N+]([O-])O.O=[N+]([O-])O.O=[N+]([O-])O. The molecule has 0 aromatic heterocycles. The fourth-order valence-electron chi connectivity index (χ4n) is 0. The van der Waals surface area contributed by atoms with Crippen molar-refractivity contribution in [1.82, 2.24) is 24.6 Å². The largest absolute Gasteiger partial charge is 0.344 e. The Morgan fingerprint density at radius 2 is 0.450 bits per heavy atom. The molecule has 0 saturated carbocycles. The van der Waals surface area contributed by atoms with Crippen LogP contribution in [0.25, 0.3) is 0 Å². The van der Waals surface area contributed by atoms with Crippen LogP contribution in [-0.2, 0) is 0 Å². The molecule has 0 atom stereocenters. The first kappa shape index (κ1) is 54.5. The Morgan fingerprint density at radius 3 is 0.450 bits per heavy atom. The maximum Gasteiger partial charge on any atom is 0.291 e. The molecule has 0 aliphatic rings. The average molecular weight is 320 g/mol. The van der Waals surface area contributed by atoms with Crippen LogP contribution in [0.2, 0.25) is 0 Å². The van der Waals surface area contributed by atoms with Crippen molar-refractivity contribution in [3.63, 3.8) is 0 Å². The maximum atomic E-state index is 8.36. The molecule has 0 radical (unpaired) electrons. The first-order chi connectivity index (χ1) is 6.93. The molecule has 0 rings (SSSR count). The molecule has 0 bridgehead atoms. The number of nitrogens with zero attached hydrogens (tertiary/aromatic N) is 4. The molecule has 0 aliphatic carbocycles. The minimum Gasteiger partial charge on any atom is -0.344 e. The molecule has 0 spiro atoms. The van der Waals surface area contributed by atoms with Gasteiger partial charge in [0.25, 0.3) is 20.3 Å². The van der Waals surface area contributed by atoms with Crippen molar-refractivity contribution in [1.29, 1.82) is 0 Å². The third-order valence-electron chi connectivity index (χ3n) is 0. The molecular formula is H16N8O12. The van der Waals surface area contributed by atoms with E-state index in [1.54, 1.807) is 0 Å². The maximum absolute atomic E-state index is 8.36. The lowest BCUT2D eigenvalue weighted by Crippen LogP contribution is -1.81. The third-order valence-corrected chi connectivity index (χ3v) is 0. The van der Waals surface area contributed by atoms with Crippen LogP contribution in [0, 0.1) is 40.5 Å². The lowest BCUT2D eigenvalue weighted by Gasteiger charge is -1.56. The molecule has 128 valence electrons. The third kappa shape index (κ3) is 241. The summed E-state index contributed by atoms with van der Waals surface area (Å²) < 4.78 is 0. The normalized spacial score (nSPS) is 4.80. The summed E-state index contributed by atoms with van der Waals surface area (Å²) in [5.41, 5.74) is 0. The Labute approximate surface area is 108 Å². The molecule has 16 N–H and O–H groups in total. The minimum absolute atomic E-state index is 0. The van der Waals surface area contributed by atoms with E-state index in [1.165, 1.54) is 0 Å². The zero-order valence-electron chi connectivity index (χ0n) is 9.67. The number of hydrogen-bond donors (Lipinski definition) is 8. The van der Waals surface area contributed by atoms with Crippen molar-refractivity contribution >= 4 is 0 Å². The molecule has 0 heterocycles. The highest BCUT2D eigenvalue weighted by molar-refractivity contribution is 3.84. The predicted molar refractivity (Wildman–Crippen MR) is 55.2 cm³/mol. The van der Waals surface area contributed by atoms with Crippen LogP contribution < -0.4 is 24.6 Å². The van der Waals surface area contributed by atoms with E-state index >= 15 is 0 Å². The van der Waals surface area contributed by atoms with Gasteiger partial charge in [-0.15, -0.1) is 40.5 Å². The van der Waals surface area contributed by atoms with E-state index in [0.717, 1.165) is 0 Å². The molecule has 20 heteroatoms. The average Bonchev–Trinajstić information content (AvgIpc) is 1.76. The summed E-state index contributed by atoms with van der Waals surface area (Å²) in [5, 5.41) is 54.6. The van der Waals surface area contributed by atoms with Gasteiger partial charge in [0.05, 0.1) is 0 Å². The Morgan fingerprint density at radius 1 is 0.450 bits per heavy atom. The molecule has 0 saturated heterocycles. The van der Waals surface area contributed by atoms with E-state index < -0.39 is 20.3 Å². The van der Waals surface area contributed by atoms with Crippen LogP contribution in [0.15, 0.2) is 0 Å². The second-order valence-electron chi connectivity index (χ2n) is 0.951. The van der Waals surface area contributed by atoms with Crippen LogP contribution in [-0.4, -0.2) is 41.2 Å². The van der Waals surface area contributed by atoms with Crippen LogP contribution in [0.5, 0.6) is 0 Å². The van der Waals surface area contributed by atoms with E-state index in [0.29, 0.717) is 0 Å². The fraction of sp³-hybridized carbons (Fsp3) is 0. The Kier molecular flexibility index (Phi) is 122. The van der Waals surface area contributed by atoms with Gasteiger partial charge in [0.2, 0.25) is 0 Å². The van der Waals surface area contributed by atoms with Gasteiger partial charge in [0.15, 0.2) is 0 Å². The first-order valence-corrected chi connectivity index (χ1v) is 2.26. The van der Waals surface area contributed by atoms with Gasteiger partial charge >= 0.3 is 0 Å². The van der Waals surface area contributed by atoms with Gasteiger partial charge in [-0.1, -0.05) is 0 Å². The summed E-state index contributed by atoms with van der Waals surface area (Å²) in [7, 11) is 0. The van der Waals surface area contributed by atoms with Crippen molar-refractivity contribution in [2.75, 3.05) is 0 Å². The molecule has 0 aromatic carbocycles. The molecule has 0 unspecified atom stereocenters. The highest BCUT2D eigenvalue weighted by Crippen LogP contribution is 1.39. The molecule has 0 aromatic rings. The van der Waals surface area contributed by atoms with Crippen LogP contribution in [0.3, 0.4) is 0 Å². The summed E-state index contributed by atoms with van der Waals surface area (Å²) >= 11 is 0. The van der Waals surface area contributed by atoms with Gasteiger partial charge in [-0.3, -0.25) is 0 Å². The zero-order valence-corrected chi connectivity index (χ0v) is 9.67. The van der Waals surface area contributed by atoms with E-state index in [-0.39, 0.29) is 24.6 Å². The minimum atomic E-state index is -1.50. The van der Waals surface area contributed by atoms with Crippen molar-refractivity contribution in [3.05, 3.63) is 40.5 Å². The second kappa shape index (κ2) is 44.9. The van der Waals surface area contributed by atoms with Crippen molar-refractivity contribution in [2.24, 2.45) is 0 Å². The topological polar surface area (TPSA) is 393 Å². The van der Waals surface area contributed by atoms with E-state index in [9.17, 15) is 0 Å². The molecule has 20 heavy (non-hydrogen) atoms. The highest BCUT2D eigenvalue weighted by atomic mass is 16.9. The van der Waals surface area contributed by atoms with Gasteiger partial charge < -0.3 is 45.4 Å².